The minimum absolute atomic E-state index is 1.03. The Kier molecular flexibility index (Phi) is 8.22. The molecule has 0 N–H and O–H groups in total. The lowest BCUT2D eigenvalue weighted by atomic mass is 9.98. The molecule has 0 fully saturated rings. The van der Waals surface area contributed by atoms with Crippen LogP contribution in [0, 0.1) is 0 Å². The van der Waals surface area contributed by atoms with E-state index in [1.807, 2.05) is 0 Å². The zero-order chi connectivity index (χ0) is 22.9. The van der Waals surface area contributed by atoms with Gasteiger partial charge in [-0.25, -0.2) is 0 Å². The number of benzene rings is 4. The van der Waals surface area contributed by atoms with E-state index in [1.54, 1.807) is 0 Å². The van der Waals surface area contributed by atoms with Crippen LogP contribution < -0.4 is 0 Å². The van der Waals surface area contributed by atoms with Gasteiger partial charge >= 0.3 is 0 Å². The third-order valence-corrected chi connectivity index (χ3v) is 5.67. The van der Waals surface area contributed by atoms with Gasteiger partial charge in [0.05, 0.1) is 0 Å². The standard InChI is InChI=1S/C28H24.C4H10/c1-20(16-21(2)25-14-12-23-8-4-6-10-27(23)18-25)17-22(3)26-15-13-24-9-5-7-11-28(24)19-26;1-3-4-2/h4-19H,2H2,1,3H3;3-4H2,1-2H3/b20-16-,22-17+;. The van der Waals surface area contributed by atoms with Crippen LogP contribution in [0.25, 0.3) is 32.7 Å². The van der Waals surface area contributed by atoms with E-state index in [1.165, 1.54) is 51.1 Å². The zero-order valence-electron chi connectivity index (χ0n) is 19.9. The fourth-order valence-electron chi connectivity index (χ4n) is 3.65. The molecule has 0 saturated carbocycles. The van der Waals surface area contributed by atoms with Gasteiger partial charge in [0.2, 0.25) is 0 Å². The molecule has 162 valence electrons. The Balaban J connectivity index is 0.000000668. The van der Waals surface area contributed by atoms with Gasteiger partial charge in [-0.15, -0.1) is 0 Å². The van der Waals surface area contributed by atoms with Crippen LogP contribution in [0.3, 0.4) is 0 Å². The van der Waals surface area contributed by atoms with Crippen LogP contribution in [0.4, 0.5) is 0 Å². The summed E-state index contributed by atoms with van der Waals surface area (Å²) < 4.78 is 0. The van der Waals surface area contributed by atoms with Gasteiger partial charge < -0.3 is 0 Å². The first-order valence-electron chi connectivity index (χ1n) is 11.6. The molecule has 0 spiro atoms. The molecule has 4 rings (SSSR count). The van der Waals surface area contributed by atoms with Gasteiger partial charge in [0.15, 0.2) is 0 Å². The topological polar surface area (TPSA) is 0 Å². The summed E-state index contributed by atoms with van der Waals surface area (Å²) in [4.78, 5) is 0. The molecule has 0 bridgehead atoms. The first-order chi connectivity index (χ1) is 15.5. The van der Waals surface area contributed by atoms with Gasteiger partial charge in [0.25, 0.3) is 0 Å². The summed E-state index contributed by atoms with van der Waals surface area (Å²) in [6, 6.07) is 30.1. The minimum Gasteiger partial charge on any atom is -0.0911 e. The van der Waals surface area contributed by atoms with Gasteiger partial charge in [-0.05, 0) is 69.8 Å². The molecule has 0 heterocycles. The molecule has 0 saturated heterocycles. The highest BCUT2D eigenvalue weighted by Crippen LogP contribution is 2.25. The van der Waals surface area contributed by atoms with E-state index in [2.05, 4.69) is 131 Å². The average Bonchev–Trinajstić information content (AvgIpc) is 2.83. The Labute approximate surface area is 193 Å². The van der Waals surface area contributed by atoms with Crippen molar-refractivity contribution >= 4 is 32.7 Å². The molecular formula is C32H34. The van der Waals surface area contributed by atoms with Crippen molar-refractivity contribution in [2.45, 2.75) is 40.5 Å². The second-order valence-corrected chi connectivity index (χ2v) is 8.36. The normalized spacial score (nSPS) is 11.9. The molecule has 0 aliphatic carbocycles. The number of fused-ring (bicyclic) bond motifs is 2. The van der Waals surface area contributed by atoms with Gasteiger partial charge in [0.1, 0.15) is 0 Å². The molecule has 0 amide bonds. The highest BCUT2D eigenvalue weighted by Gasteiger charge is 2.01. The van der Waals surface area contributed by atoms with E-state index >= 15 is 0 Å². The van der Waals surface area contributed by atoms with Gasteiger partial charge in [-0.3, -0.25) is 0 Å². The summed E-state index contributed by atoms with van der Waals surface area (Å²) in [5.74, 6) is 0. The third kappa shape index (κ3) is 6.08. The SMILES string of the molecule is C=C(/C=C(C)\C=C(/C)c1ccc2ccccc2c1)c1ccc2ccccc2c1.CCCC. The van der Waals surface area contributed by atoms with Crippen LogP contribution in [0.2, 0.25) is 0 Å². The van der Waals surface area contributed by atoms with E-state index in [-0.39, 0.29) is 0 Å². The molecule has 0 atom stereocenters. The van der Waals surface area contributed by atoms with Crippen molar-refractivity contribution in [1.29, 1.82) is 0 Å². The Morgan fingerprint density at radius 1 is 0.625 bits per heavy atom. The zero-order valence-corrected chi connectivity index (χ0v) is 19.9. The van der Waals surface area contributed by atoms with E-state index < -0.39 is 0 Å². The number of unbranched alkanes of at least 4 members (excludes halogenated alkanes) is 1. The first kappa shape index (κ1) is 23.3. The number of hydrogen-bond donors (Lipinski definition) is 0. The highest BCUT2D eigenvalue weighted by atomic mass is 14.1. The number of hydrogen-bond acceptors (Lipinski definition) is 0. The third-order valence-electron chi connectivity index (χ3n) is 5.67. The largest absolute Gasteiger partial charge is 0.0911 e. The number of allylic oxidation sites excluding steroid dienone is 5. The monoisotopic (exact) mass is 418 g/mol. The van der Waals surface area contributed by atoms with E-state index in [4.69, 9.17) is 0 Å². The molecule has 4 aromatic rings. The summed E-state index contributed by atoms with van der Waals surface area (Å²) in [6.45, 7) is 13.0. The van der Waals surface area contributed by atoms with E-state index in [9.17, 15) is 0 Å². The molecule has 0 aliphatic rings. The lowest BCUT2D eigenvalue weighted by molar-refractivity contribution is 0.886. The van der Waals surface area contributed by atoms with Crippen LogP contribution in [0.1, 0.15) is 51.7 Å². The Bertz CT molecular complexity index is 1270. The quantitative estimate of drug-likeness (QED) is 0.283. The predicted molar refractivity (Wildman–Crippen MR) is 145 cm³/mol. The van der Waals surface area contributed by atoms with Crippen LogP contribution >= 0.6 is 0 Å². The second-order valence-electron chi connectivity index (χ2n) is 8.36. The number of rotatable bonds is 5. The summed E-state index contributed by atoms with van der Waals surface area (Å²) in [7, 11) is 0. The molecule has 0 radical (unpaired) electrons. The molecule has 4 aromatic carbocycles. The smallest absolute Gasteiger partial charge is 0.0178 e. The highest BCUT2D eigenvalue weighted by molar-refractivity contribution is 5.88. The maximum Gasteiger partial charge on any atom is -0.0178 e. The summed E-state index contributed by atoms with van der Waals surface area (Å²) in [5, 5.41) is 5.05. The predicted octanol–water partition coefficient (Wildman–Crippen LogP) is 9.86. The van der Waals surface area contributed by atoms with Crippen LogP contribution in [-0.4, -0.2) is 0 Å². The van der Waals surface area contributed by atoms with Gasteiger partial charge in [0, 0.05) is 0 Å². The average molecular weight is 419 g/mol. The van der Waals surface area contributed by atoms with Crippen LogP contribution in [-0.2, 0) is 0 Å². The van der Waals surface area contributed by atoms with Crippen molar-refractivity contribution in [1.82, 2.24) is 0 Å². The Morgan fingerprint density at radius 2 is 1.09 bits per heavy atom. The van der Waals surface area contributed by atoms with Crippen molar-refractivity contribution in [3.8, 4) is 0 Å². The van der Waals surface area contributed by atoms with E-state index in [0.717, 1.165) is 11.1 Å². The molecule has 0 unspecified atom stereocenters. The molecule has 0 heteroatoms. The molecule has 32 heavy (non-hydrogen) atoms. The first-order valence-corrected chi connectivity index (χ1v) is 11.6. The van der Waals surface area contributed by atoms with Crippen molar-refractivity contribution in [2.75, 3.05) is 0 Å². The summed E-state index contributed by atoms with van der Waals surface area (Å²) >= 11 is 0. The maximum atomic E-state index is 4.29. The fourth-order valence-corrected chi connectivity index (χ4v) is 3.65. The van der Waals surface area contributed by atoms with Crippen molar-refractivity contribution in [2.24, 2.45) is 0 Å². The van der Waals surface area contributed by atoms with Crippen molar-refractivity contribution in [3.63, 3.8) is 0 Å². The van der Waals surface area contributed by atoms with Crippen LogP contribution in [0.15, 0.2) is 109 Å². The van der Waals surface area contributed by atoms with Gasteiger partial charge in [-0.1, -0.05) is 124 Å². The lowest BCUT2D eigenvalue weighted by Gasteiger charge is -2.07. The fraction of sp³-hybridized carbons (Fsp3) is 0.188. The van der Waals surface area contributed by atoms with Crippen molar-refractivity contribution in [3.05, 3.63) is 120 Å². The summed E-state index contributed by atoms with van der Waals surface area (Å²) in [6.07, 6.45) is 7.03. The Morgan fingerprint density at radius 3 is 1.62 bits per heavy atom. The molecule has 0 aliphatic heterocycles. The molecular weight excluding hydrogens is 384 g/mol. The van der Waals surface area contributed by atoms with E-state index in [0.29, 0.717) is 0 Å². The minimum atomic E-state index is 1.03. The van der Waals surface area contributed by atoms with Gasteiger partial charge in [-0.2, -0.15) is 0 Å². The molecule has 0 aromatic heterocycles. The summed E-state index contributed by atoms with van der Waals surface area (Å²) in [5.41, 5.74) is 5.90. The maximum absolute atomic E-state index is 4.29. The van der Waals surface area contributed by atoms with Crippen LogP contribution in [0.5, 0.6) is 0 Å². The Hall–Kier alpha value is -3.38. The lowest BCUT2D eigenvalue weighted by Crippen LogP contribution is -1.84. The molecule has 0 nitrogen and oxygen atoms in total. The second kappa shape index (κ2) is 11.3. The van der Waals surface area contributed by atoms with Crippen molar-refractivity contribution < 1.29 is 0 Å².